The standard InChI is InChI=1S/C38H41N5O4/c1-24-20-31-32(21-25(24)2)41-36(40-31)33-23-39-22-29(47-33)19-18-26-12-10-11-17-30(26)42-37(44)35(43-38(45)46-3)34(27-13-6-4-7-14-27)28-15-8-5-9-16-28/h4-17,20-21,29,33-35,39H,18-19,22-23H2,1-3H3,(H,40,41)(H,42,44)(H,43,45)/t29-,33+,35+/m1/s1. The first-order valence-corrected chi connectivity index (χ1v) is 16.1. The summed E-state index contributed by atoms with van der Waals surface area (Å²) in [6.45, 7) is 5.60. The minimum atomic E-state index is -0.941. The molecule has 9 heteroatoms. The largest absolute Gasteiger partial charge is 0.453 e. The summed E-state index contributed by atoms with van der Waals surface area (Å²) < 4.78 is 11.5. The van der Waals surface area contributed by atoms with Crippen LogP contribution in [-0.4, -0.2) is 54.3 Å². The van der Waals surface area contributed by atoms with Gasteiger partial charge in [-0.05, 0) is 72.7 Å². The fourth-order valence-corrected chi connectivity index (χ4v) is 6.25. The Morgan fingerprint density at radius 2 is 1.57 bits per heavy atom. The maximum absolute atomic E-state index is 14.1. The number of aromatic nitrogens is 2. The summed E-state index contributed by atoms with van der Waals surface area (Å²) in [5.41, 5.74) is 7.86. The molecule has 2 heterocycles. The second-order valence-corrected chi connectivity index (χ2v) is 12.1. The number of rotatable bonds is 10. The minimum absolute atomic E-state index is 0.0385. The molecule has 0 unspecified atom stereocenters. The van der Waals surface area contributed by atoms with E-state index in [2.05, 4.69) is 46.9 Å². The van der Waals surface area contributed by atoms with E-state index in [1.54, 1.807) is 0 Å². The molecule has 1 aromatic heterocycles. The molecule has 1 fully saturated rings. The van der Waals surface area contributed by atoms with E-state index in [1.807, 2.05) is 84.9 Å². The van der Waals surface area contributed by atoms with Gasteiger partial charge in [0.05, 0.1) is 24.2 Å². The van der Waals surface area contributed by atoms with Crippen molar-refractivity contribution < 1.29 is 19.1 Å². The number of anilines is 1. The third-order valence-corrected chi connectivity index (χ3v) is 8.88. The summed E-state index contributed by atoms with van der Waals surface area (Å²) in [5.74, 6) is 0.0327. The van der Waals surface area contributed by atoms with Crippen molar-refractivity contribution in [1.82, 2.24) is 20.6 Å². The molecule has 0 saturated carbocycles. The first kappa shape index (κ1) is 32.0. The molecule has 0 spiro atoms. The number of carbonyl (C=O) groups is 2. The highest BCUT2D eigenvalue weighted by Crippen LogP contribution is 2.30. The van der Waals surface area contributed by atoms with E-state index in [0.717, 1.165) is 46.5 Å². The molecule has 3 atom stereocenters. The molecule has 1 saturated heterocycles. The zero-order valence-corrected chi connectivity index (χ0v) is 27.0. The number of aromatic amines is 1. The lowest BCUT2D eigenvalue weighted by atomic mass is 9.84. The number of methoxy groups -OCH3 is 1. The Bertz CT molecular complexity index is 1750. The van der Waals surface area contributed by atoms with Gasteiger partial charge >= 0.3 is 6.09 Å². The highest BCUT2D eigenvalue weighted by Gasteiger charge is 2.33. The van der Waals surface area contributed by atoms with Gasteiger partial charge in [0, 0.05) is 24.7 Å². The van der Waals surface area contributed by atoms with Crippen LogP contribution in [0, 0.1) is 13.8 Å². The molecule has 4 N–H and O–H groups in total. The number of nitrogens with zero attached hydrogens (tertiary/aromatic N) is 1. The van der Waals surface area contributed by atoms with Crippen molar-refractivity contribution in [2.75, 3.05) is 25.5 Å². The smallest absolute Gasteiger partial charge is 0.407 e. The van der Waals surface area contributed by atoms with Gasteiger partial charge < -0.3 is 30.4 Å². The summed E-state index contributed by atoms with van der Waals surface area (Å²) in [6.07, 6.45) is 0.527. The van der Waals surface area contributed by atoms with Crippen molar-refractivity contribution in [3.63, 3.8) is 0 Å². The van der Waals surface area contributed by atoms with Crippen molar-refractivity contribution in [3.8, 4) is 0 Å². The zero-order chi connectivity index (χ0) is 32.8. The van der Waals surface area contributed by atoms with Crippen LogP contribution in [0.25, 0.3) is 11.0 Å². The first-order chi connectivity index (χ1) is 22.9. The Hall–Kier alpha value is -4.99. The Balaban J connectivity index is 1.18. The molecule has 47 heavy (non-hydrogen) atoms. The number of imidazole rings is 1. The van der Waals surface area contributed by atoms with Gasteiger partial charge in [0.25, 0.3) is 0 Å². The average Bonchev–Trinajstić information content (AvgIpc) is 3.51. The number of aryl methyl sites for hydroxylation is 3. The van der Waals surface area contributed by atoms with Crippen molar-refractivity contribution in [1.29, 1.82) is 0 Å². The number of morpholine rings is 1. The Labute approximate surface area is 275 Å². The Kier molecular flexibility index (Phi) is 9.94. The van der Waals surface area contributed by atoms with Crippen LogP contribution in [0.15, 0.2) is 97.1 Å². The van der Waals surface area contributed by atoms with Gasteiger partial charge in [-0.1, -0.05) is 78.9 Å². The summed E-state index contributed by atoms with van der Waals surface area (Å²) in [7, 11) is 1.29. The number of alkyl carbamates (subject to hydrolysis) is 1. The van der Waals surface area contributed by atoms with Gasteiger partial charge in [0.2, 0.25) is 5.91 Å². The van der Waals surface area contributed by atoms with Crippen molar-refractivity contribution in [2.24, 2.45) is 0 Å². The quantitative estimate of drug-likeness (QED) is 0.143. The van der Waals surface area contributed by atoms with Gasteiger partial charge in [-0.3, -0.25) is 4.79 Å². The van der Waals surface area contributed by atoms with Crippen LogP contribution in [-0.2, 0) is 20.7 Å². The number of nitrogens with one attached hydrogen (secondary N) is 4. The van der Waals surface area contributed by atoms with E-state index in [-0.39, 0.29) is 18.1 Å². The maximum atomic E-state index is 14.1. The Morgan fingerprint density at radius 3 is 2.28 bits per heavy atom. The van der Waals surface area contributed by atoms with Crippen LogP contribution in [0.2, 0.25) is 0 Å². The maximum Gasteiger partial charge on any atom is 0.407 e. The lowest BCUT2D eigenvalue weighted by molar-refractivity contribution is -0.118. The minimum Gasteiger partial charge on any atom is -0.453 e. The SMILES string of the molecule is COC(=O)N[C@H](C(=O)Nc1ccccc1CC[C@@H]1CNC[C@@H](c2nc3cc(C)c(C)cc3[nH]2)O1)C(c1ccccc1)c1ccccc1. The molecular formula is C38H41N5O4. The lowest BCUT2D eigenvalue weighted by Crippen LogP contribution is -2.48. The van der Waals surface area contributed by atoms with E-state index < -0.39 is 18.1 Å². The van der Waals surface area contributed by atoms with Crippen LogP contribution in [0.3, 0.4) is 0 Å². The highest BCUT2D eigenvalue weighted by molar-refractivity contribution is 5.98. The number of fused-ring (bicyclic) bond motifs is 1. The molecule has 2 amide bonds. The van der Waals surface area contributed by atoms with E-state index >= 15 is 0 Å². The van der Waals surface area contributed by atoms with Gasteiger partial charge in [0.1, 0.15) is 18.0 Å². The molecule has 242 valence electrons. The number of para-hydroxylation sites is 1. The molecule has 1 aliphatic rings. The predicted octanol–water partition coefficient (Wildman–Crippen LogP) is 6.34. The van der Waals surface area contributed by atoms with E-state index in [0.29, 0.717) is 18.7 Å². The molecule has 9 nitrogen and oxygen atoms in total. The van der Waals surface area contributed by atoms with Crippen LogP contribution < -0.4 is 16.0 Å². The Morgan fingerprint density at radius 1 is 0.915 bits per heavy atom. The van der Waals surface area contributed by atoms with Crippen LogP contribution in [0.5, 0.6) is 0 Å². The monoisotopic (exact) mass is 631 g/mol. The van der Waals surface area contributed by atoms with Crippen molar-refractivity contribution >= 4 is 28.7 Å². The van der Waals surface area contributed by atoms with E-state index in [4.69, 9.17) is 14.5 Å². The molecule has 6 rings (SSSR count). The molecule has 1 aliphatic heterocycles. The van der Waals surface area contributed by atoms with Crippen LogP contribution in [0.4, 0.5) is 10.5 Å². The number of hydrogen-bond donors (Lipinski definition) is 4. The van der Waals surface area contributed by atoms with E-state index in [1.165, 1.54) is 18.2 Å². The number of amides is 2. The fourth-order valence-electron chi connectivity index (χ4n) is 6.25. The average molecular weight is 632 g/mol. The molecule has 5 aromatic rings. The summed E-state index contributed by atoms with van der Waals surface area (Å²) >= 11 is 0. The highest BCUT2D eigenvalue weighted by atomic mass is 16.5. The molecule has 0 bridgehead atoms. The zero-order valence-electron chi connectivity index (χ0n) is 27.0. The first-order valence-electron chi connectivity index (χ1n) is 16.1. The van der Waals surface area contributed by atoms with Gasteiger partial charge in [0.15, 0.2) is 0 Å². The van der Waals surface area contributed by atoms with Crippen molar-refractivity contribution in [3.05, 3.63) is 131 Å². The molecular weight excluding hydrogens is 590 g/mol. The number of carbonyl (C=O) groups excluding carboxylic acids is 2. The topological polar surface area (TPSA) is 117 Å². The predicted molar refractivity (Wildman–Crippen MR) is 183 cm³/mol. The van der Waals surface area contributed by atoms with Crippen LogP contribution >= 0.6 is 0 Å². The number of benzene rings is 4. The van der Waals surface area contributed by atoms with Crippen LogP contribution in [0.1, 0.15) is 52.1 Å². The molecule has 0 radical (unpaired) electrons. The van der Waals surface area contributed by atoms with Crippen molar-refractivity contribution in [2.45, 2.75) is 50.9 Å². The van der Waals surface area contributed by atoms with Gasteiger partial charge in [-0.2, -0.15) is 0 Å². The number of H-pyrrole nitrogens is 1. The lowest BCUT2D eigenvalue weighted by Gasteiger charge is -2.30. The number of ether oxygens (including phenoxy) is 2. The number of hydrogen-bond acceptors (Lipinski definition) is 6. The third kappa shape index (κ3) is 7.53. The summed E-state index contributed by atoms with van der Waals surface area (Å²) in [5, 5.41) is 9.45. The second-order valence-electron chi connectivity index (χ2n) is 12.1. The third-order valence-electron chi connectivity index (χ3n) is 8.88. The summed E-state index contributed by atoms with van der Waals surface area (Å²) in [4.78, 5) is 34.9. The van der Waals surface area contributed by atoms with E-state index in [9.17, 15) is 9.59 Å². The van der Waals surface area contributed by atoms with Gasteiger partial charge in [-0.15, -0.1) is 0 Å². The second kappa shape index (κ2) is 14.6. The molecule has 4 aromatic carbocycles. The summed E-state index contributed by atoms with van der Waals surface area (Å²) in [6, 6.07) is 30.5. The molecule has 0 aliphatic carbocycles. The fraction of sp³-hybridized carbons (Fsp3) is 0.289. The van der Waals surface area contributed by atoms with Gasteiger partial charge in [-0.25, -0.2) is 9.78 Å². The normalized spacial score (nSPS) is 16.9.